The molecule has 1 amide bonds. The Hall–Kier alpha value is -1.65. The van der Waals surface area contributed by atoms with Gasteiger partial charge in [-0.3, -0.25) is 4.79 Å². The summed E-state index contributed by atoms with van der Waals surface area (Å²) in [4.78, 5) is 11.9. The van der Waals surface area contributed by atoms with Crippen molar-refractivity contribution in [1.29, 1.82) is 0 Å². The zero-order chi connectivity index (χ0) is 16.5. The number of methoxy groups -OCH3 is 1. The van der Waals surface area contributed by atoms with Crippen molar-refractivity contribution in [1.82, 2.24) is 0 Å². The summed E-state index contributed by atoms with van der Waals surface area (Å²) in [5, 5.41) is 3.33. The molecule has 0 atom stereocenters. The van der Waals surface area contributed by atoms with Crippen LogP contribution >= 0.6 is 23.4 Å². The number of rotatable bonds is 8. The van der Waals surface area contributed by atoms with Crippen molar-refractivity contribution in [3.05, 3.63) is 59.1 Å². The van der Waals surface area contributed by atoms with Crippen LogP contribution < -0.4 is 10.1 Å². The lowest BCUT2D eigenvalue weighted by Gasteiger charge is -2.08. The molecule has 0 spiro atoms. The molecule has 0 fully saturated rings. The van der Waals surface area contributed by atoms with Crippen molar-refractivity contribution in [3.8, 4) is 5.75 Å². The highest BCUT2D eigenvalue weighted by Gasteiger charge is 2.06. The van der Waals surface area contributed by atoms with Crippen LogP contribution in [0.4, 0.5) is 5.69 Å². The summed E-state index contributed by atoms with van der Waals surface area (Å²) in [5.41, 5.74) is 2.02. The zero-order valence-corrected chi connectivity index (χ0v) is 14.6. The lowest BCUT2D eigenvalue weighted by atomic mass is 10.1. The number of ether oxygens (including phenoxy) is 1. The van der Waals surface area contributed by atoms with Gasteiger partial charge in [0.25, 0.3) is 0 Å². The van der Waals surface area contributed by atoms with Crippen LogP contribution in [0.25, 0.3) is 0 Å². The van der Waals surface area contributed by atoms with Crippen LogP contribution in [0.1, 0.15) is 12.0 Å². The zero-order valence-electron chi connectivity index (χ0n) is 13.0. The monoisotopic (exact) mass is 349 g/mol. The molecule has 0 aliphatic heterocycles. The highest BCUT2D eigenvalue weighted by atomic mass is 35.5. The molecule has 3 nitrogen and oxygen atoms in total. The maximum absolute atomic E-state index is 11.9. The average molecular weight is 350 g/mol. The van der Waals surface area contributed by atoms with E-state index in [9.17, 15) is 4.79 Å². The second-order valence-electron chi connectivity index (χ2n) is 5.04. The Labute approximate surface area is 146 Å². The minimum absolute atomic E-state index is 0.0176. The number of halogens is 1. The van der Waals surface area contributed by atoms with Gasteiger partial charge in [-0.05, 0) is 42.4 Å². The Bertz CT molecular complexity index is 634. The summed E-state index contributed by atoms with van der Waals surface area (Å²) in [5.74, 6) is 1.99. The smallest absolute Gasteiger partial charge is 0.234 e. The SMILES string of the molecule is COc1ccc(NC(=O)CSCCCc2ccccc2)cc1Cl. The first-order valence-corrected chi connectivity index (χ1v) is 8.97. The summed E-state index contributed by atoms with van der Waals surface area (Å²) >= 11 is 7.68. The van der Waals surface area contributed by atoms with Crippen LogP contribution in [-0.4, -0.2) is 24.5 Å². The number of thioether (sulfide) groups is 1. The number of hydrogen-bond donors (Lipinski definition) is 1. The number of amides is 1. The van der Waals surface area contributed by atoms with Gasteiger partial charge in [0.15, 0.2) is 0 Å². The van der Waals surface area contributed by atoms with Crippen LogP contribution in [0.2, 0.25) is 5.02 Å². The summed E-state index contributed by atoms with van der Waals surface area (Å²) < 4.78 is 5.08. The third-order valence-corrected chi connectivity index (χ3v) is 4.60. The molecular weight excluding hydrogens is 330 g/mol. The number of aryl methyl sites for hydroxylation is 1. The molecular formula is C18H20ClNO2S. The van der Waals surface area contributed by atoms with Gasteiger partial charge < -0.3 is 10.1 Å². The largest absolute Gasteiger partial charge is 0.495 e. The van der Waals surface area contributed by atoms with Gasteiger partial charge in [0, 0.05) is 5.69 Å². The van der Waals surface area contributed by atoms with E-state index in [1.165, 1.54) is 5.56 Å². The molecule has 0 aliphatic carbocycles. The normalized spacial score (nSPS) is 10.3. The fourth-order valence-corrected chi connectivity index (χ4v) is 3.14. The van der Waals surface area contributed by atoms with Crippen LogP contribution in [0.15, 0.2) is 48.5 Å². The number of hydrogen-bond acceptors (Lipinski definition) is 3. The quantitative estimate of drug-likeness (QED) is 0.705. The van der Waals surface area contributed by atoms with E-state index in [2.05, 4.69) is 29.6 Å². The summed E-state index contributed by atoms with van der Waals surface area (Å²) in [6, 6.07) is 15.6. The molecule has 23 heavy (non-hydrogen) atoms. The lowest BCUT2D eigenvalue weighted by Crippen LogP contribution is -2.14. The van der Waals surface area contributed by atoms with Crippen molar-refractivity contribution < 1.29 is 9.53 Å². The molecule has 0 bridgehead atoms. The van der Waals surface area contributed by atoms with Gasteiger partial charge in [-0.1, -0.05) is 41.9 Å². The van der Waals surface area contributed by atoms with E-state index in [4.69, 9.17) is 16.3 Å². The van der Waals surface area contributed by atoms with Gasteiger partial charge in [-0.25, -0.2) is 0 Å². The Morgan fingerprint density at radius 2 is 2.00 bits per heavy atom. The van der Waals surface area contributed by atoms with Gasteiger partial charge >= 0.3 is 0 Å². The fraction of sp³-hybridized carbons (Fsp3) is 0.278. The molecule has 2 rings (SSSR count). The highest BCUT2D eigenvalue weighted by molar-refractivity contribution is 7.99. The number of nitrogens with one attached hydrogen (secondary N) is 1. The summed E-state index contributed by atoms with van der Waals surface area (Å²) in [7, 11) is 1.56. The minimum Gasteiger partial charge on any atom is -0.495 e. The van der Waals surface area contributed by atoms with E-state index in [0.717, 1.165) is 18.6 Å². The predicted octanol–water partition coefficient (Wildman–Crippen LogP) is 4.65. The third kappa shape index (κ3) is 6.16. The second kappa shape index (κ2) is 9.48. The van der Waals surface area contributed by atoms with Crippen molar-refractivity contribution >= 4 is 35.0 Å². The molecule has 2 aromatic carbocycles. The Balaban J connectivity index is 1.66. The first-order chi connectivity index (χ1) is 11.2. The van der Waals surface area contributed by atoms with Crippen molar-refractivity contribution in [3.63, 3.8) is 0 Å². The van der Waals surface area contributed by atoms with Gasteiger partial charge in [0.2, 0.25) is 5.91 Å². The van der Waals surface area contributed by atoms with Crippen molar-refractivity contribution in [2.75, 3.05) is 23.9 Å². The molecule has 122 valence electrons. The lowest BCUT2D eigenvalue weighted by molar-refractivity contribution is -0.113. The van der Waals surface area contributed by atoms with Crippen molar-refractivity contribution in [2.24, 2.45) is 0 Å². The molecule has 1 N–H and O–H groups in total. The van der Waals surface area contributed by atoms with Crippen LogP contribution in [0.3, 0.4) is 0 Å². The average Bonchev–Trinajstić information content (AvgIpc) is 2.56. The first-order valence-electron chi connectivity index (χ1n) is 7.44. The fourth-order valence-electron chi connectivity index (χ4n) is 2.13. The minimum atomic E-state index is -0.0176. The van der Waals surface area contributed by atoms with Gasteiger partial charge in [-0.2, -0.15) is 11.8 Å². The maximum atomic E-state index is 11.9. The summed E-state index contributed by atoms with van der Waals surface area (Å²) in [6.07, 6.45) is 2.11. The van der Waals surface area contributed by atoms with E-state index in [0.29, 0.717) is 22.2 Å². The number of carbonyl (C=O) groups is 1. The summed E-state index contributed by atoms with van der Waals surface area (Å²) in [6.45, 7) is 0. The van der Waals surface area contributed by atoms with E-state index in [1.54, 1.807) is 37.1 Å². The Morgan fingerprint density at radius 1 is 1.22 bits per heavy atom. The third-order valence-electron chi connectivity index (χ3n) is 3.27. The molecule has 0 radical (unpaired) electrons. The topological polar surface area (TPSA) is 38.3 Å². The van der Waals surface area contributed by atoms with E-state index < -0.39 is 0 Å². The number of carbonyl (C=O) groups excluding carboxylic acids is 1. The van der Waals surface area contributed by atoms with E-state index in [-0.39, 0.29) is 5.91 Å². The van der Waals surface area contributed by atoms with Gasteiger partial charge in [-0.15, -0.1) is 0 Å². The standard InChI is InChI=1S/C18H20ClNO2S/c1-22-17-10-9-15(12-16(17)19)20-18(21)13-23-11-5-8-14-6-3-2-4-7-14/h2-4,6-7,9-10,12H,5,8,11,13H2,1H3,(H,20,21). The second-order valence-corrected chi connectivity index (χ2v) is 6.55. The number of anilines is 1. The highest BCUT2D eigenvalue weighted by Crippen LogP contribution is 2.27. The molecule has 0 aliphatic rings. The molecule has 0 heterocycles. The van der Waals surface area contributed by atoms with E-state index in [1.807, 2.05) is 6.07 Å². The Morgan fingerprint density at radius 3 is 2.70 bits per heavy atom. The molecule has 0 saturated heterocycles. The van der Waals surface area contributed by atoms with Crippen LogP contribution in [0, 0.1) is 0 Å². The number of benzene rings is 2. The first kappa shape index (κ1) is 17.7. The van der Waals surface area contributed by atoms with Gasteiger partial charge in [0.1, 0.15) is 5.75 Å². The van der Waals surface area contributed by atoms with Crippen molar-refractivity contribution in [2.45, 2.75) is 12.8 Å². The van der Waals surface area contributed by atoms with Gasteiger partial charge in [0.05, 0.1) is 17.9 Å². The molecule has 0 aromatic heterocycles. The molecule has 2 aromatic rings. The van der Waals surface area contributed by atoms with Crippen LogP contribution in [0.5, 0.6) is 5.75 Å². The molecule has 5 heteroatoms. The van der Waals surface area contributed by atoms with Crippen LogP contribution in [-0.2, 0) is 11.2 Å². The Kier molecular flexibility index (Phi) is 7.30. The van der Waals surface area contributed by atoms with E-state index >= 15 is 0 Å². The predicted molar refractivity (Wildman–Crippen MR) is 98.7 cm³/mol. The maximum Gasteiger partial charge on any atom is 0.234 e. The molecule has 0 unspecified atom stereocenters. The molecule has 0 saturated carbocycles.